The van der Waals surface area contributed by atoms with Crippen molar-refractivity contribution in [2.75, 3.05) is 0 Å². The van der Waals surface area contributed by atoms with Gasteiger partial charge in [-0.25, -0.2) is 0 Å². The van der Waals surface area contributed by atoms with Crippen LogP contribution in [0.5, 0.6) is 5.75 Å². The van der Waals surface area contributed by atoms with E-state index < -0.39 is 0 Å². The molecule has 19 heavy (non-hydrogen) atoms. The molecular formula is C15H16BrNOS. The third-order valence-electron chi connectivity index (χ3n) is 3.07. The minimum absolute atomic E-state index is 0.635. The highest BCUT2D eigenvalue weighted by Gasteiger charge is 2.19. The van der Waals surface area contributed by atoms with Gasteiger partial charge in [0, 0.05) is 27.3 Å². The molecule has 0 saturated heterocycles. The minimum atomic E-state index is 0.635. The fraction of sp³-hybridized carbons (Fsp3) is 0.333. The van der Waals surface area contributed by atoms with Gasteiger partial charge in [-0.15, -0.1) is 11.3 Å². The summed E-state index contributed by atoms with van der Waals surface area (Å²) < 4.78 is 6.95. The van der Waals surface area contributed by atoms with Crippen molar-refractivity contribution in [1.29, 1.82) is 0 Å². The molecule has 1 aromatic heterocycles. The Balaban J connectivity index is 1.55. The lowest BCUT2D eigenvalue weighted by Crippen LogP contribution is -2.15. The second kappa shape index (κ2) is 6.07. The molecule has 0 radical (unpaired) electrons. The summed E-state index contributed by atoms with van der Waals surface area (Å²) in [6.07, 6.45) is 2.65. The van der Waals surface area contributed by atoms with E-state index in [9.17, 15) is 0 Å². The maximum absolute atomic E-state index is 5.83. The van der Waals surface area contributed by atoms with Gasteiger partial charge in [0.15, 0.2) is 0 Å². The van der Waals surface area contributed by atoms with E-state index in [2.05, 4.69) is 50.9 Å². The maximum atomic E-state index is 5.83. The molecule has 0 bridgehead atoms. The first kappa shape index (κ1) is 13.2. The highest BCUT2D eigenvalue weighted by atomic mass is 79.9. The molecular weight excluding hydrogens is 322 g/mol. The molecule has 1 N–H and O–H groups in total. The Morgan fingerprint density at radius 3 is 2.95 bits per heavy atom. The standard InChI is InChI=1S/C15H16BrNOS/c16-12-7-15(19-10-12)9-18-14-3-1-2-11(6-14)8-17-13-4-5-13/h1-3,6-7,10,13,17H,4-5,8-9H2. The molecule has 1 fully saturated rings. The van der Waals surface area contributed by atoms with Gasteiger partial charge in [0.05, 0.1) is 0 Å². The van der Waals surface area contributed by atoms with Crippen LogP contribution in [0.15, 0.2) is 40.2 Å². The van der Waals surface area contributed by atoms with Crippen LogP contribution in [0, 0.1) is 0 Å². The van der Waals surface area contributed by atoms with E-state index in [1.807, 2.05) is 6.07 Å². The number of hydrogen-bond donors (Lipinski definition) is 1. The third-order valence-corrected chi connectivity index (χ3v) is 4.74. The first-order chi connectivity index (χ1) is 9.29. The van der Waals surface area contributed by atoms with E-state index in [0.29, 0.717) is 6.61 Å². The Bertz CT molecular complexity index is 551. The van der Waals surface area contributed by atoms with Crippen molar-refractivity contribution in [2.45, 2.75) is 32.0 Å². The van der Waals surface area contributed by atoms with Gasteiger partial charge in [-0.2, -0.15) is 0 Å². The zero-order valence-corrected chi connectivity index (χ0v) is 13.0. The van der Waals surface area contributed by atoms with Crippen molar-refractivity contribution in [3.05, 3.63) is 50.6 Å². The first-order valence-electron chi connectivity index (χ1n) is 6.47. The van der Waals surface area contributed by atoms with Gasteiger partial charge in [0.25, 0.3) is 0 Å². The maximum Gasteiger partial charge on any atom is 0.122 e. The van der Waals surface area contributed by atoms with Crippen molar-refractivity contribution >= 4 is 27.3 Å². The Morgan fingerprint density at radius 2 is 2.21 bits per heavy atom. The molecule has 0 aliphatic heterocycles. The largest absolute Gasteiger partial charge is 0.488 e. The fourth-order valence-electron chi connectivity index (χ4n) is 1.88. The Hall–Kier alpha value is -0.840. The van der Waals surface area contributed by atoms with E-state index in [1.54, 1.807) is 11.3 Å². The summed E-state index contributed by atoms with van der Waals surface area (Å²) in [4.78, 5) is 1.23. The van der Waals surface area contributed by atoms with Crippen LogP contribution in [0.3, 0.4) is 0 Å². The third kappa shape index (κ3) is 4.06. The first-order valence-corrected chi connectivity index (χ1v) is 8.15. The molecule has 2 aromatic rings. The van der Waals surface area contributed by atoms with Gasteiger partial charge in [-0.1, -0.05) is 12.1 Å². The average Bonchev–Trinajstić information content (AvgIpc) is 3.16. The monoisotopic (exact) mass is 337 g/mol. The summed E-state index contributed by atoms with van der Waals surface area (Å²) in [5.74, 6) is 0.944. The quantitative estimate of drug-likeness (QED) is 0.846. The number of hydrogen-bond acceptors (Lipinski definition) is 3. The van der Waals surface area contributed by atoms with Crippen LogP contribution in [0.2, 0.25) is 0 Å². The summed E-state index contributed by atoms with van der Waals surface area (Å²) in [5.41, 5.74) is 1.29. The topological polar surface area (TPSA) is 21.3 Å². The Morgan fingerprint density at radius 1 is 1.32 bits per heavy atom. The zero-order valence-electron chi connectivity index (χ0n) is 10.6. The molecule has 1 aliphatic carbocycles. The van der Waals surface area contributed by atoms with Gasteiger partial charge in [0.2, 0.25) is 0 Å². The molecule has 4 heteroatoms. The zero-order chi connectivity index (χ0) is 13.1. The van der Waals surface area contributed by atoms with Crippen LogP contribution in [0.4, 0.5) is 0 Å². The number of halogens is 1. The number of benzene rings is 1. The molecule has 2 nitrogen and oxygen atoms in total. The van der Waals surface area contributed by atoms with Crippen molar-refractivity contribution in [3.63, 3.8) is 0 Å². The second-order valence-corrected chi connectivity index (χ2v) is 6.73. The SMILES string of the molecule is Brc1csc(COc2cccc(CNC3CC3)c2)c1. The van der Waals surface area contributed by atoms with Crippen molar-refractivity contribution in [1.82, 2.24) is 5.32 Å². The van der Waals surface area contributed by atoms with Crippen molar-refractivity contribution < 1.29 is 4.74 Å². The number of thiophene rings is 1. The molecule has 0 unspecified atom stereocenters. The molecule has 1 aromatic carbocycles. The Kier molecular flexibility index (Phi) is 4.21. The molecule has 0 atom stereocenters. The predicted molar refractivity (Wildman–Crippen MR) is 82.7 cm³/mol. The van der Waals surface area contributed by atoms with Crippen LogP contribution in [0.1, 0.15) is 23.3 Å². The summed E-state index contributed by atoms with van der Waals surface area (Å²) in [6.45, 7) is 1.57. The summed E-state index contributed by atoms with van der Waals surface area (Å²) in [7, 11) is 0. The molecule has 3 rings (SSSR count). The molecule has 1 saturated carbocycles. The molecule has 100 valence electrons. The number of ether oxygens (including phenoxy) is 1. The van der Waals surface area contributed by atoms with Crippen LogP contribution < -0.4 is 10.1 Å². The lowest BCUT2D eigenvalue weighted by atomic mass is 10.2. The lowest BCUT2D eigenvalue weighted by molar-refractivity contribution is 0.309. The Labute approximate surface area is 125 Å². The summed E-state index contributed by atoms with van der Waals surface area (Å²) >= 11 is 5.17. The number of nitrogens with one attached hydrogen (secondary N) is 1. The molecule has 0 amide bonds. The predicted octanol–water partition coefficient (Wildman–Crippen LogP) is 4.34. The van der Waals surface area contributed by atoms with Crippen LogP contribution >= 0.6 is 27.3 Å². The second-order valence-electron chi connectivity index (χ2n) is 4.82. The van der Waals surface area contributed by atoms with E-state index >= 15 is 0 Å². The normalized spacial score (nSPS) is 14.6. The minimum Gasteiger partial charge on any atom is -0.488 e. The summed E-state index contributed by atoms with van der Waals surface area (Å²) in [6, 6.07) is 11.2. The van der Waals surface area contributed by atoms with E-state index in [0.717, 1.165) is 22.8 Å². The van der Waals surface area contributed by atoms with Gasteiger partial charge < -0.3 is 10.1 Å². The molecule has 1 aliphatic rings. The van der Waals surface area contributed by atoms with Gasteiger partial charge in [-0.05, 0) is 52.5 Å². The van der Waals surface area contributed by atoms with E-state index in [-0.39, 0.29) is 0 Å². The highest BCUT2D eigenvalue weighted by Crippen LogP contribution is 2.23. The smallest absolute Gasteiger partial charge is 0.122 e. The number of rotatable bonds is 6. The van der Waals surface area contributed by atoms with Crippen molar-refractivity contribution in [3.8, 4) is 5.75 Å². The molecule has 0 spiro atoms. The lowest BCUT2D eigenvalue weighted by Gasteiger charge is -2.07. The van der Waals surface area contributed by atoms with Crippen LogP contribution in [-0.2, 0) is 13.2 Å². The molecule has 1 heterocycles. The van der Waals surface area contributed by atoms with Crippen LogP contribution in [-0.4, -0.2) is 6.04 Å². The van der Waals surface area contributed by atoms with Crippen LogP contribution in [0.25, 0.3) is 0 Å². The van der Waals surface area contributed by atoms with E-state index in [1.165, 1.54) is 23.3 Å². The average molecular weight is 338 g/mol. The van der Waals surface area contributed by atoms with Gasteiger partial charge >= 0.3 is 0 Å². The summed E-state index contributed by atoms with van der Waals surface area (Å²) in [5, 5.41) is 5.60. The fourth-order valence-corrected chi connectivity index (χ4v) is 3.24. The van der Waals surface area contributed by atoms with Crippen molar-refractivity contribution in [2.24, 2.45) is 0 Å². The van der Waals surface area contributed by atoms with Gasteiger partial charge in [0.1, 0.15) is 12.4 Å². The van der Waals surface area contributed by atoms with E-state index in [4.69, 9.17) is 4.74 Å². The highest BCUT2D eigenvalue weighted by molar-refractivity contribution is 9.10. The van der Waals surface area contributed by atoms with Gasteiger partial charge in [-0.3, -0.25) is 0 Å².